The molecule has 192 valence electrons. The molecule has 2 aromatic rings. The van der Waals surface area contributed by atoms with E-state index in [1.54, 1.807) is 24.1 Å². The molecule has 9 nitrogen and oxygen atoms in total. The Kier molecular flexibility index (Phi) is 8.18. The van der Waals surface area contributed by atoms with Crippen molar-refractivity contribution in [2.24, 2.45) is 5.41 Å². The van der Waals surface area contributed by atoms with Crippen molar-refractivity contribution in [1.29, 1.82) is 0 Å². The van der Waals surface area contributed by atoms with E-state index >= 15 is 0 Å². The summed E-state index contributed by atoms with van der Waals surface area (Å²) in [4.78, 5) is 52.2. The van der Waals surface area contributed by atoms with E-state index in [1.165, 1.54) is 12.4 Å². The first-order chi connectivity index (χ1) is 17.4. The molecule has 0 radical (unpaired) electrons. The van der Waals surface area contributed by atoms with E-state index in [2.05, 4.69) is 9.97 Å². The van der Waals surface area contributed by atoms with Crippen molar-refractivity contribution in [3.05, 3.63) is 54.1 Å². The first-order valence-electron chi connectivity index (χ1n) is 12.7. The molecule has 1 aromatic carbocycles. The van der Waals surface area contributed by atoms with Gasteiger partial charge in [0.1, 0.15) is 11.4 Å². The third-order valence-electron chi connectivity index (χ3n) is 7.32. The molecule has 2 aliphatic rings. The lowest BCUT2D eigenvalue weighted by Gasteiger charge is -2.44. The number of rotatable bonds is 1. The van der Waals surface area contributed by atoms with Crippen LogP contribution in [0.25, 0.3) is 0 Å². The smallest absolute Gasteiger partial charge is 0.274 e. The van der Waals surface area contributed by atoms with Gasteiger partial charge in [0, 0.05) is 64.7 Å². The van der Waals surface area contributed by atoms with Crippen molar-refractivity contribution in [2.75, 3.05) is 46.4 Å². The van der Waals surface area contributed by atoms with Crippen LogP contribution >= 0.6 is 0 Å². The molecule has 36 heavy (non-hydrogen) atoms. The summed E-state index contributed by atoms with van der Waals surface area (Å²) < 4.78 is 5.91. The summed E-state index contributed by atoms with van der Waals surface area (Å²) in [6, 6.07) is 7.28. The van der Waals surface area contributed by atoms with Crippen LogP contribution in [0.15, 0.2) is 42.9 Å². The number of ether oxygens (including phenoxy) is 1. The predicted octanol–water partition coefficient (Wildman–Crippen LogP) is 2.88. The number of benzene rings is 1. The van der Waals surface area contributed by atoms with Gasteiger partial charge in [-0.05, 0) is 55.7 Å². The van der Waals surface area contributed by atoms with Gasteiger partial charge >= 0.3 is 0 Å². The fourth-order valence-corrected chi connectivity index (χ4v) is 5.27. The number of hydrogen-bond donors (Lipinski definition) is 0. The average Bonchev–Trinajstić information content (AvgIpc) is 2.90. The minimum Gasteiger partial charge on any atom is -0.494 e. The molecule has 0 atom stereocenters. The second kappa shape index (κ2) is 11.5. The molecule has 4 rings (SSSR count). The Morgan fingerprint density at radius 1 is 1.00 bits per heavy atom. The van der Waals surface area contributed by atoms with Crippen molar-refractivity contribution >= 4 is 17.7 Å². The SMILES string of the molecule is CC(=O)N1CCC2(CCCN(C(=O)c3cnccn3)CCCOc3cccc(c3)C(=O)N(C)C2)CC1. The van der Waals surface area contributed by atoms with Crippen molar-refractivity contribution < 1.29 is 19.1 Å². The van der Waals surface area contributed by atoms with Crippen LogP contribution in [0.5, 0.6) is 5.75 Å². The first kappa shape index (κ1) is 25.6. The summed E-state index contributed by atoms with van der Waals surface area (Å²) in [5.74, 6) is 0.551. The molecule has 1 saturated heterocycles. The molecule has 1 aromatic heterocycles. The van der Waals surface area contributed by atoms with E-state index in [-0.39, 0.29) is 23.1 Å². The molecular weight excluding hydrogens is 458 g/mol. The zero-order valence-electron chi connectivity index (χ0n) is 21.2. The molecule has 2 aliphatic heterocycles. The van der Waals surface area contributed by atoms with Crippen LogP contribution in [-0.2, 0) is 4.79 Å². The third kappa shape index (κ3) is 6.19. The summed E-state index contributed by atoms with van der Waals surface area (Å²) in [6.07, 6.45) is 8.54. The summed E-state index contributed by atoms with van der Waals surface area (Å²) in [5.41, 5.74) is 0.811. The fourth-order valence-electron chi connectivity index (χ4n) is 5.27. The van der Waals surface area contributed by atoms with E-state index < -0.39 is 0 Å². The Morgan fingerprint density at radius 3 is 2.50 bits per heavy atom. The number of likely N-dealkylation sites (tertiary alicyclic amines) is 1. The van der Waals surface area contributed by atoms with Crippen LogP contribution in [0.4, 0.5) is 0 Å². The largest absolute Gasteiger partial charge is 0.494 e. The number of aromatic nitrogens is 2. The summed E-state index contributed by atoms with van der Waals surface area (Å²) in [7, 11) is 1.84. The topological polar surface area (TPSA) is 95.9 Å². The molecule has 1 spiro atoms. The van der Waals surface area contributed by atoms with Crippen LogP contribution in [0.3, 0.4) is 0 Å². The van der Waals surface area contributed by atoms with Crippen LogP contribution < -0.4 is 4.74 Å². The van der Waals surface area contributed by atoms with Crippen molar-refractivity contribution in [3.63, 3.8) is 0 Å². The van der Waals surface area contributed by atoms with Gasteiger partial charge < -0.3 is 19.4 Å². The maximum Gasteiger partial charge on any atom is 0.274 e. The van der Waals surface area contributed by atoms with Crippen LogP contribution in [0.1, 0.15) is 59.9 Å². The predicted molar refractivity (Wildman–Crippen MR) is 135 cm³/mol. The van der Waals surface area contributed by atoms with Gasteiger partial charge in [0.15, 0.2) is 0 Å². The zero-order chi connectivity index (χ0) is 25.5. The van der Waals surface area contributed by atoms with Gasteiger partial charge in [0.2, 0.25) is 5.91 Å². The molecule has 1 fully saturated rings. The molecule has 0 N–H and O–H groups in total. The maximum absolute atomic E-state index is 13.3. The Morgan fingerprint density at radius 2 is 1.78 bits per heavy atom. The summed E-state index contributed by atoms with van der Waals surface area (Å²) >= 11 is 0. The second-order valence-corrected chi connectivity index (χ2v) is 9.88. The quantitative estimate of drug-likeness (QED) is 0.606. The van der Waals surface area contributed by atoms with Gasteiger partial charge in [0.05, 0.1) is 12.8 Å². The number of hydrogen-bond acceptors (Lipinski definition) is 6. The second-order valence-electron chi connectivity index (χ2n) is 9.88. The number of piperidine rings is 1. The lowest BCUT2D eigenvalue weighted by molar-refractivity contribution is -0.131. The Bertz CT molecular complexity index is 1070. The minimum atomic E-state index is -0.137. The number of nitrogens with zero attached hydrogens (tertiary/aromatic N) is 5. The lowest BCUT2D eigenvalue weighted by atomic mass is 9.74. The molecule has 0 aliphatic carbocycles. The summed E-state index contributed by atoms with van der Waals surface area (Å²) in [6.45, 7) is 5.13. The van der Waals surface area contributed by atoms with Gasteiger partial charge in [-0.1, -0.05) is 6.07 Å². The Hall–Kier alpha value is -3.49. The van der Waals surface area contributed by atoms with E-state index in [0.29, 0.717) is 62.8 Å². The standard InChI is InChI=1S/C27H35N5O4/c1-21(33)31-15-9-27(10-16-31)8-4-13-32(26(35)24-19-28-11-12-29-24)14-5-17-36-23-7-3-6-22(18-23)25(34)30(2)20-27/h3,6-7,11-12,18-19H,4-5,8-10,13-17,20H2,1-2H3. The fraction of sp³-hybridized carbons (Fsp3) is 0.519. The van der Waals surface area contributed by atoms with Crippen LogP contribution in [-0.4, -0.2) is 88.8 Å². The van der Waals surface area contributed by atoms with Gasteiger partial charge in [-0.2, -0.15) is 0 Å². The Labute approximate surface area is 212 Å². The van der Waals surface area contributed by atoms with Crippen LogP contribution in [0.2, 0.25) is 0 Å². The van der Waals surface area contributed by atoms with E-state index in [0.717, 1.165) is 25.7 Å². The highest BCUT2D eigenvalue weighted by Gasteiger charge is 2.37. The molecule has 0 saturated carbocycles. The van der Waals surface area contributed by atoms with Gasteiger partial charge in [0.25, 0.3) is 11.8 Å². The van der Waals surface area contributed by atoms with Crippen molar-refractivity contribution in [2.45, 2.75) is 39.0 Å². The van der Waals surface area contributed by atoms with E-state index in [1.807, 2.05) is 35.0 Å². The molecule has 9 heteroatoms. The monoisotopic (exact) mass is 493 g/mol. The highest BCUT2D eigenvalue weighted by molar-refractivity contribution is 5.94. The average molecular weight is 494 g/mol. The van der Waals surface area contributed by atoms with Gasteiger partial charge in [-0.15, -0.1) is 0 Å². The lowest BCUT2D eigenvalue weighted by Crippen LogP contribution is -2.48. The summed E-state index contributed by atoms with van der Waals surface area (Å²) in [5, 5.41) is 0. The number of fused-ring (bicyclic) bond motifs is 2. The highest BCUT2D eigenvalue weighted by Crippen LogP contribution is 2.37. The van der Waals surface area contributed by atoms with Crippen molar-refractivity contribution in [1.82, 2.24) is 24.7 Å². The molecule has 2 bridgehead atoms. The maximum atomic E-state index is 13.3. The number of amides is 3. The normalized spacial score (nSPS) is 19.3. The number of carbonyl (C=O) groups is 3. The third-order valence-corrected chi connectivity index (χ3v) is 7.32. The number of carbonyl (C=O) groups excluding carboxylic acids is 3. The van der Waals surface area contributed by atoms with Crippen molar-refractivity contribution in [3.8, 4) is 5.75 Å². The van der Waals surface area contributed by atoms with Crippen LogP contribution in [0, 0.1) is 5.41 Å². The van der Waals surface area contributed by atoms with Gasteiger partial charge in [-0.3, -0.25) is 19.4 Å². The van der Waals surface area contributed by atoms with E-state index in [4.69, 9.17) is 4.74 Å². The highest BCUT2D eigenvalue weighted by atomic mass is 16.5. The van der Waals surface area contributed by atoms with E-state index in [9.17, 15) is 14.4 Å². The molecule has 0 unspecified atom stereocenters. The minimum absolute atomic E-state index is 0.0387. The van der Waals surface area contributed by atoms with Gasteiger partial charge in [-0.25, -0.2) is 4.98 Å². The first-order valence-corrected chi connectivity index (χ1v) is 12.7. The Balaban J connectivity index is 1.57. The molecule has 3 amide bonds. The molecular formula is C27H35N5O4. The molecule has 3 heterocycles. The zero-order valence-corrected chi connectivity index (χ0v) is 21.2.